The van der Waals surface area contributed by atoms with E-state index in [-0.39, 0.29) is 11.8 Å². The van der Waals surface area contributed by atoms with Crippen molar-refractivity contribution in [3.63, 3.8) is 0 Å². The number of aromatic nitrogens is 2. The molecule has 1 aliphatic rings. The number of rotatable bonds is 3. The molecule has 0 saturated heterocycles. The maximum Gasteiger partial charge on any atom is 0.227 e. The minimum atomic E-state index is 0.123. The molecule has 1 saturated carbocycles. The molecule has 4 heteroatoms. The van der Waals surface area contributed by atoms with Gasteiger partial charge in [0.15, 0.2) is 0 Å². The minimum absolute atomic E-state index is 0.123. The van der Waals surface area contributed by atoms with Crippen LogP contribution in [0.4, 0.5) is 5.69 Å². The molecule has 1 fully saturated rings. The SMILES string of the molecule is Cc1ccc2nc(-c3cccc(NC(=O)C4CC4)c3)[nH]c2c1. The lowest BCUT2D eigenvalue weighted by molar-refractivity contribution is -0.117. The second kappa shape index (κ2) is 4.98. The van der Waals surface area contributed by atoms with Gasteiger partial charge in [0.2, 0.25) is 5.91 Å². The maximum absolute atomic E-state index is 11.9. The van der Waals surface area contributed by atoms with E-state index < -0.39 is 0 Å². The van der Waals surface area contributed by atoms with Crippen molar-refractivity contribution in [1.29, 1.82) is 0 Å². The van der Waals surface area contributed by atoms with Crippen molar-refractivity contribution < 1.29 is 4.79 Å². The molecule has 1 amide bonds. The van der Waals surface area contributed by atoms with E-state index in [1.165, 1.54) is 5.56 Å². The van der Waals surface area contributed by atoms with Crippen LogP contribution in [0.15, 0.2) is 42.5 Å². The first kappa shape index (κ1) is 13.1. The molecule has 0 aliphatic heterocycles. The number of carbonyl (C=O) groups is 1. The molecule has 4 rings (SSSR count). The second-order valence-corrected chi connectivity index (χ2v) is 5.95. The molecule has 0 atom stereocenters. The van der Waals surface area contributed by atoms with Crippen LogP contribution in [0.3, 0.4) is 0 Å². The molecule has 0 spiro atoms. The molecule has 1 heterocycles. The summed E-state index contributed by atoms with van der Waals surface area (Å²) in [6.07, 6.45) is 2.02. The highest BCUT2D eigenvalue weighted by molar-refractivity contribution is 5.94. The van der Waals surface area contributed by atoms with Gasteiger partial charge >= 0.3 is 0 Å². The van der Waals surface area contributed by atoms with Crippen molar-refractivity contribution in [2.24, 2.45) is 5.92 Å². The van der Waals surface area contributed by atoms with Gasteiger partial charge in [0.05, 0.1) is 11.0 Å². The summed E-state index contributed by atoms with van der Waals surface area (Å²) in [6, 6.07) is 14.0. The number of imidazole rings is 1. The first-order chi connectivity index (χ1) is 10.7. The molecule has 22 heavy (non-hydrogen) atoms. The highest BCUT2D eigenvalue weighted by Crippen LogP contribution is 2.31. The van der Waals surface area contributed by atoms with E-state index in [1.807, 2.05) is 30.3 Å². The van der Waals surface area contributed by atoms with Crippen LogP contribution in [0.1, 0.15) is 18.4 Å². The Bertz CT molecular complexity index is 862. The number of hydrogen-bond acceptors (Lipinski definition) is 2. The molecule has 0 bridgehead atoms. The van der Waals surface area contributed by atoms with Gasteiger partial charge in [-0.05, 0) is 49.6 Å². The molecule has 110 valence electrons. The molecule has 0 radical (unpaired) electrons. The fourth-order valence-electron chi connectivity index (χ4n) is 2.59. The van der Waals surface area contributed by atoms with Crippen LogP contribution in [-0.4, -0.2) is 15.9 Å². The van der Waals surface area contributed by atoms with Crippen molar-refractivity contribution in [2.45, 2.75) is 19.8 Å². The Morgan fingerprint density at radius 3 is 2.91 bits per heavy atom. The lowest BCUT2D eigenvalue weighted by Gasteiger charge is -2.05. The summed E-state index contributed by atoms with van der Waals surface area (Å²) in [7, 11) is 0. The van der Waals surface area contributed by atoms with E-state index >= 15 is 0 Å². The van der Waals surface area contributed by atoms with E-state index in [2.05, 4.69) is 34.3 Å². The van der Waals surface area contributed by atoms with Crippen molar-refractivity contribution in [3.05, 3.63) is 48.0 Å². The average molecular weight is 291 g/mol. The van der Waals surface area contributed by atoms with E-state index in [1.54, 1.807) is 0 Å². The number of nitrogens with zero attached hydrogens (tertiary/aromatic N) is 1. The lowest BCUT2D eigenvalue weighted by atomic mass is 10.2. The Kier molecular flexibility index (Phi) is 2.96. The summed E-state index contributed by atoms with van der Waals surface area (Å²) in [5.41, 5.74) is 4.98. The van der Waals surface area contributed by atoms with Crippen LogP contribution in [0, 0.1) is 12.8 Å². The number of aryl methyl sites for hydroxylation is 1. The molecule has 0 unspecified atom stereocenters. The Morgan fingerprint density at radius 2 is 2.09 bits per heavy atom. The fraction of sp³-hybridized carbons (Fsp3) is 0.222. The standard InChI is InChI=1S/C18H17N3O/c1-11-5-8-15-16(9-11)21-17(20-15)13-3-2-4-14(10-13)19-18(22)12-6-7-12/h2-5,8-10,12H,6-7H2,1H3,(H,19,22)(H,20,21). The van der Waals surface area contributed by atoms with Gasteiger partial charge < -0.3 is 10.3 Å². The first-order valence-electron chi connectivity index (χ1n) is 7.57. The molecule has 2 aromatic carbocycles. The topological polar surface area (TPSA) is 57.8 Å². The number of aromatic amines is 1. The quantitative estimate of drug-likeness (QED) is 0.769. The van der Waals surface area contributed by atoms with Crippen LogP contribution in [0.5, 0.6) is 0 Å². The maximum atomic E-state index is 11.9. The number of hydrogen-bond donors (Lipinski definition) is 2. The number of anilines is 1. The predicted octanol–water partition coefficient (Wildman–Crippen LogP) is 3.89. The summed E-state index contributed by atoms with van der Waals surface area (Å²) in [5.74, 6) is 1.15. The van der Waals surface area contributed by atoms with Crippen LogP contribution in [0.2, 0.25) is 0 Å². The van der Waals surface area contributed by atoms with E-state index in [0.717, 1.165) is 41.0 Å². The summed E-state index contributed by atoms with van der Waals surface area (Å²) >= 11 is 0. The van der Waals surface area contributed by atoms with Gasteiger partial charge in [-0.25, -0.2) is 4.98 Å². The summed E-state index contributed by atoms with van der Waals surface area (Å²) in [6.45, 7) is 2.06. The van der Waals surface area contributed by atoms with Crippen LogP contribution < -0.4 is 5.32 Å². The van der Waals surface area contributed by atoms with Gasteiger partial charge in [0.25, 0.3) is 0 Å². The van der Waals surface area contributed by atoms with E-state index in [0.29, 0.717) is 0 Å². The van der Waals surface area contributed by atoms with Gasteiger partial charge in [0.1, 0.15) is 5.82 Å². The van der Waals surface area contributed by atoms with Crippen LogP contribution in [0.25, 0.3) is 22.4 Å². The third-order valence-corrected chi connectivity index (χ3v) is 3.99. The average Bonchev–Trinajstić information content (AvgIpc) is 3.27. The molecule has 3 aromatic rings. The molecule has 1 aliphatic carbocycles. The Hall–Kier alpha value is -2.62. The Labute approximate surface area is 128 Å². The van der Waals surface area contributed by atoms with E-state index in [9.17, 15) is 4.79 Å². The third-order valence-electron chi connectivity index (χ3n) is 3.99. The third kappa shape index (κ3) is 2.48. The first-order valence-corrected chi connectivity index (χ1v) is 7.57. The molecule has 2 N–H and O–H groups in total. The number of H-pyrrole nitrogens is 1. The number of carbonyl (C=O) groups excluding carboxylic acids is 1. The summed E-state index contributed by atoms with van der Waals surface area (Å²) in [4.78, 5) is 19.8. The number of benzene rings is 2. The number of fused-ring (bicyclic) bond motifs is 1. The Morgan fingerprint density at radius 1 is 1.23 bits per heavy atom. The molecule has 4 nitrogen and oxygen atoms in total. The highest BCUT2D eigenvalue weighted by atomic mass is 16.2. The van der Waals surface area contributed by atoms with Gasteiger partial charge in [-0.1, -0.05) is 18.2 Å². The number of nitrogens with one attached hydrogen (secondary N) is 2. The smallest absolute Gasteiger partial charge is 0.227 e. The van der Waals surface area contributed by atoms with Crippen LogP contribution in [-0.2, 0) is 4.79 Å². The van der Waals surface area contributed by atoms with Crippen LogP contribution >= 0.6 is 0 Å². The largest absolute Gasteiger partial charge is 0.338 e. The fourth-order valence-corrected chi connectivity index (χ4v) is 2.59. The minimum Gasteiger partial charge on any atom is -0.338 e. The molecule has 1 aromatic heterocycles. The zero-order chi connectivity index (χ0) is 15.1. The van der Waals surface area contributed by atoms with Crippen molar-refractivity contribution in [3.8, 4) is 11.4 Å². The zero-order valence-corrected chi connectivity index (χ0v) is 12.4. The van der Waals surface area contributed by atoms with Crippen molar-refractivity contribution in [2.75, 3.05) is 5.32 Å². The van der Waals surface area contributed by atoms with Gasteiger partial charge in [0, 0.05) is 17.2 Å². The number of amides is 1. The van der Waals surface area contributed by atoms with Crippen molar-refractivity contribution in [1.82, 2.24) is 9.97 Å². The lowest BCUT2D eigenvalue weighted by Crippen LogP contribution is -2.13. The molecular formula is C18H17N3O. The van der Waals surface area contributed by atoms with Gasteiger partial charge in [-0.3, -0.25) is 4.79 Å². The second-order valence-electron chi connectivity index (χ2n) is 5.95. The van der Waals surface area contributed by atoms with E-state index in [4.69, 9.17) is 0 Å². The van der Waals surface area contributed by atoms with Crippen molar-refractivity contribution >= 4 is 22.6 Å². The Balaban J connectivity index is 1.66. The highest BCUT2D eigenvalue weighted by Gasteiger charge is 2.29. The summed E-state index contributed by atoms with van der Waals surface area (Å²) in [5, 5.41) is 2.98. The zero-order valence-electron chi connectivity index (χ0n) is 12.4. The predicted molar refractivity (Wildman–Crippen MR) is 87.6 cm³/mol. The van der Waals surface area contributed by atoms with Gasteiger partial charge in [-0.2, -0.15) is 0 Å². The summed E-state index contributed by atoms with van der Waals surface area (Å²) < 4.78 is 0. The normalized spacial score (nSPS) is 14.2. The monoisotopic (exact) mass is 291 g/mol. The molecular weight excluding hydrogens is 274 g/mol. The van der Waals surface area contributed by atoms with Gasteiger partial charge in [-0.15, -0.1) is 0 Å².